The van der Waals surface area contributed by atoms with Crippen molar-refractivity contribution in [1.29, 1.82) is 0 Å². The number of methoxy groups -OCH3 is 1. The van der Waals surface area contributed by atoms with E-state index in [1.165, 1.54) is 7.11 Å². The molecule has 0 aliphatic rings. The first kappa shape index (κ1) is 14.7. The van der Waals surface area contributed by atoms with Gasteiger partial charge in [0.05, 0.1) is 12.5 Å². The molecular weight excluding hydrogens is 289 g/mol. The Morgan fingerprint density at radius 3 is 2.20 bits per heavy atom. The van der Waals surface area contributed by atoms with Gasteiger partial charge in [-0.3, -0.25) is 0 Å². The van der Waals surface area contributed by atoms with Crippen LogP contribution in [0.5, 0.6) is 5.75 Å². The number of halogens is 4. The van der Waals surface area contributed by atoms with Gasteiger partial charge >= 0.3 is 0 Å². The van der Waals surface area contributed by atoms with E-state index in [2.05, 4.69) is 0 Å². The van der Waals surface area contributed by atoms with Gasteiger partial charge in [-0.05, 0) is 13.0 Å². The summed E-state index contributed by atoms with van der Waals surface area (Å²) in [7, 11) is 1.44. The van der Waals surface area contributed by atoms with Crippen molar-refractivity contribution in [3.63, 3.8) is 0 Å². The van der Waals surface area contributed by atoms with Crippen molar-refractivity contribution in [3.05, 3.63) is 64.5 Å². The fourth-order valence-corrected chi connectivity index (χ4v) is 2.38. The summed E-state index contributed by atoms with van der Waals surface area (Å²) >= 11 is 6.17. The fraction of sp³-hybridized carbons (Fsp3) is 0.200. The first-order valence-corrected chi connectivity index (χ1v) is 6.30. The Morgan fingerprint density at radius 1 is 1.05 bits per heavy atom. The molecule has 0 aromatic heterocycles. The van der Waals surface area contributed by atoms with Crippen LogP contribution in [0.3, 0.4) is 0 Å². The van der Waals surface area contributed by atoms with Gasteiger partial charge in [-0.1, -0.05) is 17.7 Å². The molecule has 0 bridgehead atoms. The number of ether oxygens (including phenoxy) is 1. The molecule has 2 aromatic rings. The average molecular weight is 301 g/mol. The second-order valence-electron chi connectivity index (χ2n) is 4.39. The molecule has 1 nitrogen and oxygen atoms in total. The van der Waals surface area contributed by atoms with Gasteiger partial charge in [-0.15, -0.1) is 11.6 Å². The van der Waals surface area contributed by atoms with Crippen LogP contribution in [0.15, 0.2) is 30.3 Å². The van der Waals surface area contributed by atoms with Gasteiger partial charge in [0, 0.05) is 23.3 Å². The Hall–Kier alpha value is -1.68. The maximum Gasteiger partial charge on any atom is 0.134 e. The first-order chi connectivity index (χ1) is 9.43. The maximum atomic E-state index is 13.8. The zero-order chi connectivity index (χ0) is 14.9. The van der Waals surface area contributed by atoms with Crippen LogP contribution in [0.25, 0.3) is 0 Å². The zero-order valence-electron chi connectivity index (χ0n) is 10.9. The van der Waals surface area contributed by atoms with Crippen molar-refractivity contribution in [2.45, 2.75) is 12.3 Å². The predicted octanol–water partition coefficient (Wildman–Crippen LogP) is 4.75. The molecule has 0 radical (unpaired) electrons. The highest BCUT2D eigenvalue weighted by atomic mass is 35.5. The van der Waals surface area contributed by atoms with E-state index in [1.807, 2.05) is 6.92 Å². The molecule has 106 valence electrons. The van der Waals surface area contributed by atoms with E-state index in [0.29, 0.717) is 23.4 Å². The van der Waals surface area contributed by atoms with Crippen LogP contribution < -0.4 is 4.74 Å². The van der Waals surface area contributed by atoms with Crippen LogP contribution in [0.4, 0.5) is 13.2 Å². The number of hydrogen-bond acceptors (Lipinski definition) is 1. The Bertz CT molecular complexity index is 620. The van der Waals surface area contributed by atoms with Crippen molar-refractivity contribution in [3.8, 4) is 5.75 Å². The predicted molar refractivity (Wildman–Crippen MR) is 71.7 cm³/mol. The fourth-order valence-electron chi connectivity index (χ4n) is 2.00. The van der Waals surface area contributed by atoms with Crippen molar-refractivity contribution < 1.29 is 17.9 Å². The Kier molecular flexibility index (Phi) is 4.23. The summed E-state index contributed by atoms with van der Waals surface area (Å²) in [6.45, 7) is 1.82. The van der Waals surface area contributed by atoms with Gasteiger partial charge in [0.15, 0.2) is 0 Å². The summed E-state index contributed by atoms with van der Waals surface area (Å²) in [6, 6.07) is 6.35. The van der Waals surface area contributed by atoms with Crippen molar-refractivity contribution in [2.24, 2.45) is 0 Å². The monoisotopic (exact) mass is 300 g/mol. The van der Waals surface area contributed by atoms with Crippen molar-refractivity contribution in [1.82, 2.24) is 0 Å². The van der Waals surface area contributed by atoms with Crippen molar-refractivity contribution in [2.75, 3.05) is 7.11 Å². The summed E-state index contributed by atoms with van der Waals surface area (Å²) in [4.78, 5) is 0. The minimum absolute atomic E-state index is 0.392. The molecule has 0 aliphatic heterocycles. The highest BCUT2D eigenvalue weighted by molar-refractivity contribution is 6.22. The number of aryl methyl sites for hydroxylation is 1. The van der Waals surface area contributed by atoms with Gasteiger partial charge in [-0.25, -0.2) is 13.2 Å². The quantitative estimate of drug-likeness (QED) is 0.743. The molecule has 0 saturated carbocycles. The summed E-state index contributed by atoms with van der Waals surface area (Å²) in [6.07, 6.45) is 0. The number of rotatable bonds is 3. The smallest absolute Gasteiger partial charge is 0.134 e. The number of benzene rings is 2. The topological polar surface area (TPSA) is 9.23 Å². The molecule has 5 heteroatoms. The molecule has 1 unspecified atom stereocenters. The molecule has 1 atom stereocenters. The largest absolute Gasteiger partial charge is 0.496 e. The van der Waals surface area contributed by atoms with Crippen LogP contribution in [-0.4, -0.2) is 7.11 Å². The van der Waals surface area contributed by atoms with Gasteiger partial charge in [0.1, 0.15) is 23.2 Å². The summed E-state index contributed by atoms with van der Waals surface area (Å²) in [5.41, 5.74) is 0.907. The molecule has 20 heavy (non-hydrogen) atoms. The lowest BCUT2D eigenvalue weighted by Crippen LogP contribution is -2.04. The SMILES string of the molecule is COc1ccc(C)cc1C(Cl)c1c(F)cc(F)cc1F. The van der Waals surface area contributed by atoms with E-state index in [0.717, 1.165) is 5.56 Å². The van der Waals surface area contributed by atoms with Gasteiger partial charge < -0.3 is 4.74 Å². The standard InChI is InChI=1S/C15H12ClF3O/c1-8-3-4-13(20-2)10(5-8)15(16)14-11(18)6-9(17)7-12(14)19/h3-7,15H,1-2H3. The molecular formula is C15H12ClF3O. The second kappa shape index (κ2) is 5.75. The van der Waals surface area contributed by atoms with E-state index in [9.17, 15) is 13.2 Å². The third-order valence-electron chi connectivity index (χ3n) is 2.96. The van der Waals surface area contributed by atoms with E-state index in [4.69, 9.17) is 16.3 Å². The zero-order valence-corrected chi connectivity index (χ0v) is 11.6. The lowest BCUT2D eigenvalue weighted by Gasteiger charge is -2.16. The summed E-state index contributed by atoms with van der Waals surface area (Å²) in [5.74, 6) is -2.61. The number of hydrogen-bond donors (Lipinski definition) is 0. The highest BCUT2D eigenvalue weighted by Crippen LogP contribution is 2.38. The lowest BCUT2D eigenvalue weighted by molar-refractivity contribution is 0.409. The summed E-state index contributed by atoms with van der Waals surface area (Å²) in [5, 5.41) is -1.11. The molecule has 2 rings (SSSR count). The van der Waals surface area contributed by atoms with E-state index in [1.54, 1.807) is 18.2 Å². The second-order valence-corrected chi connectivity index (χ2v) is 4.83. The molecule has 0 heterocycles. The van der Waals surface area contributed by atoms with Gasteiger partial charge in [0.2, 0.25) is 0 Å². The minimum atomic E-state index is -1.11. The molecule has 0 amide bonds. The first-order valence-electron chi connectivity index (χ1n) is 5.87. The Balaban J connectivity index is 2.57. The molecule has 0 N–H and O–H groups in total. The van der Waals surface area contributed by atoms with Crippen LogP contribution in [-0.2, 0) is 0 Å². The average Bonchev–Trinajstić information content (AvgIpc) is 2.37. The molecule has 0 fully saturated rings. The van der Waals surface area contributed by atoms with Gasteiger partial charge in [-0.2, -0.15) is 0 Å². The summed E-state index contributed by atoms with van der Waals surface area (Å²) < 4.78 is 45.6. The highest BCUT2D eigenvalue weighted by Gasteiger charge is 2.23. The molecule has 2 aromatic carbocycles. The van der Waals surface area contributed by atoms with Crippen molar-refractivity contribution >= 4 is 11.6 Å². The molecule has 0 spiro atoms. The van der Waals surface area contributed by atoms with E-state index >= 15 is 0 Å². The van der Waals surface area contributed by atoms with Crippen LogP contribution in [0, 0.1) is 24.4 Å². The van der Waals surface area contributed by atoms with Crippen LogP contribution in [0.2, 0.25) is 0 Å². The maximum absolute atomic E-state index is 13.8. The molecule has 0 aliphatic carbocycles. The third-order valence-corrected chi connectivity index (χ3v) is 3.41. The van der Waals surface area contributed by atoms with Crippen LogP contribution in [0.1, 0.15) is 22.1 Å². The van der Waals surface area contributed by atoms with E-state index in [-0.39, 0.29) is 0 Å². The third kappa shape index (κ3) is 2.75. The minimum Gasteiger partial charge on any atom is -0.496 e. The lowest BCUT2D eigenvalue weighted by atomic mass is 10.0. The van der Waals surface area contributed by atoms with Gasteiger partial charge in [0.25, 0.3) is 0 Å². The Morgan fingerprint density at radius 2 is 1.65 bits per heavy atom. The Labute approximate surface area is 119 Å². The van der Waals surface area contributed by atoms with Crippen LogP contribution >= 0.6 is 11.6 Å². The normalized spacial score (nSPS) is 12.3. The number of alkyl halides is 1. The van der Waals surface area contributed by atoms with E-state index < -0.39 is 28.4 Å². The molecule has 0 saturated heterocycles.